The van der Waals surface area contributed by atoms with Crippen LogP contribution in [-0.2, 0) is 9.59 Å². The number of Topliss-reactive ketones (excluding diaryl/α,β-unsaturated/α-hetero) is 1. The highest BCUT2D eigenvalue weighted by molar-refractivity contribution is 5.92. The fraction of sp³-hybridized carbons (Fsp3) is 0.429. The standard InChI is InChI=1S/C14H17FN2O2/c1-10-8-17(7-6-13(10)18)9-14(19)16-12-5-3-2-4-11(12)15/h2-5,10H,6-9H2,1H3,(H,16,19). The molecule has 0 spiro atoms. The van der Waals surface area contributed by atoms with Crippen LogP contribution in [0.25, 0.3) is 0 Å². The first kappa shape index (κ1) is 13.7. The number of carbonyl (C=O) groups is 2. The molecule has 5 heteroatoms. The van der Waals surface area contributed by atoms with E-state index in [1.165, 1.54) is 12.1 Å². The lowest BCUT2D eigenvalue weighted by Gasteiger charge is -2.29. The Kier molecular flexibility index (Phi) is 4.27. The van der Waals surface area contributed by atoms with Gasteiger partial charge in [0, 0.05) is 25.4 Å². The number of nitrogens with one attached hydrogen (secondary N) is 1. The number of anilines is 1. The van der Waals surface area contributed by atoms with Gasteiger partial charge >= 0.3 is 0 Å². The molecule has 1 heterocycles. The van der Waals surface area contributed by atoms with Crippen molar-refractivity contribution in [3.05, 3.63) is 30.1 Å². The molecule has 0 saturated carbocycles. The number of piperidine rings is 1. The van der Waals surface area contributed by atoms with Gasteiger partial charge in [0.1, 0.15) is 11.6 Å². The lowest BCUT2D eigenvalue weighted by atomic mass is 9.99. The molecule has 1 aliphatic heterocycles. The maximum atomic E-state index is 13.4. The number of hydrogen-bond donors (Lipinski definition) is 1. The molecule has 1 aromatic carbocycles. The molecule has 1 fully saturated rings. The summed E-state index contributed by atoms with van der Waals surface area (Å²) in [6.07, 6.45) is 0.480. The van der Waals surface area contributed by atoms with Crippen molar-refractivity contribution in [2.75, 3.05) is 25.0 Å². The zero-order valence-electron chi connectivity index (χ0n) is 10.9. The number of ketones is 1. The second-order valence-electron chi connectivity index (χ2n) is 4.88. The van der Waals surface area contributed by atoms with E-state index < -0.39 is 5.82 Å². The summed E-state index contributed by atoms with van der Waals surface area (Å²) in [6.45, 7) is 3.23. The lowest BCUT2D eigenvalue weighted by molar-refractivity contribution is -0.127. The number of halogens is 1. The van der Waals surface area contributed by atoms with Gasteiger partial charge in [-0.1, -0.05) is 19.1 Å². The van der Waals surface area contributed by atoms with Gasteiger partial charge in [-0.2, -0.15) is 0 Å². The third-order valence-electron chi connectivity index (χ3n) is 3.27. The first-order chi connectivity index (χ1) is 9.06. The molecule has 1 amide bonds. The number of carbonyl (C=O) groups excluding carboxylic acids is 2. The van der Waals surface area contributed by atoms with Crippen LogP contribution < -0.4 is 5.32 Å². The Morgan fingerprint density at radius 3 is 2.89 bits per heavy atom. The number of hydrogen-bond acceptors (Lipinski definition) is 3. The predicted molar refractivity (Wildman–Crippen MR) is 70.3 cm³/mol. The van der Waals surface area contributed by atoms with Crippen LogP contribution in [0.2, 0.25) is 0 Å². The topological polar surface area (TPSA) is 49.4 Å². The number of benzene rings is 1. The van der Waals surface area contributed by atoms with Crippen LogP contribution in [0.3, 0.4) is 0 Å². The van der Waals surface area contributed by atoms with Crippen molar-refractivity contribution >= 4 is 17.4 Å². The van der Waals surface area contributed by atoms with Gasteiger partial charge in [0.15, 0.2) is 0 Å². The molecule has 0 aromatic heterocycles. The van der Waals surface area contributed by atoms with E-state index in [4.69, 9.17) is 0 Å². The molecule has 19 heavy (non-hydrogen) atoms. The molecule has 0 aliphatic carbocycles. The Balaban J connectivity index is 1.88. The van der Waals surface area contributed by atoms with E-state index in [-0.39, 0.29) is 29.8 Å². The molecule has 1 saturated heterocycles. The molecule has 102 valence electrons. The van der Waals surface area contributed by atoms with Crippen LogP contribution >= 0.6 is 0 Å². The highest BCUT2D eigenvalue weighted by Gasteiger charge is 2.24. The van der Waals surface area contributed by atoms with Crippen molar-refractivity contribution in [1.82, 2.24) is 4.90 Å². The average molecular weight is 264 g/mol. The summed E-state index contributed by atoms with van der Waals surface area (Å²) in [5.41, 5.74) is 0.189. The van der Waals surface area contributed by atoms with Gasteiger partial charge in [0.25, 0.3) is 0 Å². The quantitative estimate of drug-likeness (QED) is 0.903. The Morgan fingerprint density at radius 1 is 1.47 bits per heavy atom. The van der Waals surface area contributed by atoms with E-state index in [9.17, 15) is 14.0 Å². The Hall–Kier alpha value is -1.75. The van der Waals surface area contributed by atoms with E-state index in [1.807, 2.05) is 11.8 Å². The van der Waals surface area contributed by atoms with Crippen molar-refractivity contribution in [3.8, 4) is 0 Å². The molecule has 1 N–H and O–H groups in total. The summed E-state index contributed by atoms with van der Waals surface area (Å²) >= 11 is 0. The summed E-state index contributed by atoms with van der Waals surface area (Å²) in [5, 5.41) is 2.54. The highest BCUT2D eigenvalue weighted by Crippen LogP contribution is 2.14. The molecule has 1 aromatic rings. The van der Waals surface area contributed by atoms with Gasteiger partial charge in [-0.15, -0.1) is 0 Å². The molecule has 0 radical (unpaired) electrons. The maximum absolute atomic E-state index is 13.4. The van der Waals surface area contributed by atoms with Gasteiger partial charge in [-0.3, -0.25) is 14.5 Å². The third kappa shape index (κ3) is 3.61. The number of likely N-dealkylation sites (tertiary alicyclic amines) is 1. The van der Waals surface area contributed by atoms with E-state index >= 15 is 0 Å². The van der Waals surface area contributed by atoms with Crippen molar-refractivity contribution in [2.24, 2.45) is 5.92 Å². The van der Waals surface area contributed by atoms with Gasteiger partial charge in [-0.05, 0) is 12.1 Å². The third-order valence-corrected chi connectivity index (χ3v) is 3.27. The minimum Gasteiger partial charge on any atom is -0.322 e. The summed E-state index contributed by atoms with van der Waals surface area (Å²) in [7, 11) is 0. The van der Waals surface area contributed by atoms with Gasteiger partial charge in [0.2, 0.25) is 5.91 Å². The summed E-state index contributed by atoms with van der Waals surface area (Å²) in [5.74, 6) is -0.495. The molecule has 0 bridgehead atoms. The largest absolute Gasteiger partial charge is 0.322 e. The smallest absolute Gasteiger partial charge is 0.238 e. The Labute approximate surface area is 111 Å². The Bertz CT molecular complexity index is 490. The highest BCUT2D eigenvalue weighted by atomic mass is 19.1. The molecule has 1 atom stereocenters. The van der Waals surface area contributed by atoms with Crippen molar-refractivity contribution < 1.29 is 14.0 Å². The predicted octanol–water partition coefficient (Wildman–Crippen LogP) is 1.68. The lowest BCUT2D eigenvalue weighted by Crippen LogP contribution is -2.43. The van der Waals surface area contributed by atoms with Gasteiger partial charge in [0.05, 0.1) is 12.2 Å². The number of amides is 1. The van der Waals surface area contributed by atoms with Crippen molar-refractivity contribution in [3.63, 3.8) is 0 Å². The zero-order valence-corrected chi connectivity index (χ0v) is 10.9. The van der Waals surface area contributed by atoms with Crippen LogP contribution in [0, 0.1) is 11.7 Å². The van der Waals surface area contributed by atoms with Gasteiger partial charge < -0.3 is 5.32 Å². The van der Waals surface area contributed by atoms with Crippen LogP contribution in [0.4, 0.5) is 10.1 Å². The molecular formula is C14H17FN2O2. The number of para-hydroxylation sites is 1. The van der Waals surface area contributed by atoms with Crippen LogP contribution in [0.15, 0.2) is 24.3 Å². The summed E-state index contributed by atoms with van der Waals surface area (Å²) in [4.78, 5) is 25.1. The van der Waals surface area contributed by atoms with E-state index in [2.05, 4.69) is 5.32 Å². The molecule has 2 rings (SSSR count). The molecule has 1 unspecified atom stereocenters. The van der Waals surface area contributed by atoms with E-state index in [0.29, 0.717) is 19.5 Å². The monoisotopic (exact) mass is 264 g/mol. The fourth-order valence-electron chi connectivity index (χ4n) is 2.19. The fourth-order valence-corrected chi connectivity index (χ4v) is 2.19. The second-order valence-corrected chi connectivity index (χ2v) is 4.88. The molecule has 4 nitrogen and oxygen atoms in total. The van der Waals surface area contributed by atoms with E-state index in [1.54, 1.807) is 12.1 Å². The first-order valence-corrected chi connectivity index (χ1v) is 6.35. The van der Waals surface area contributed by atoms with Crippen molar-refractivity contribution in [1.29, 1.82) is 0 Å². The minimum absolute atomic E-state index is 0.0324. The summed E-state index contributed by atoms with van der Waals surface area (Å²) < 4.78 is 13.4. The maximum Gasteiger partial charge on any atom is 0.238 e. The average Bonchev–Trinajstić information content (AvgIpc) is 2.37. The van der Waals surface area contributed by atoms with Crippen molar-refractivity contribution in [2.45, 2.75) is 13.3 Å². The SMILES string of the molecule is CC1CN(CC(=O)Nc2ccccc2F)CCC1=O. The normalized spacial score (nSPS) is 20.3. The van der Waals surface area contributed by atoms with E-state index in [0.717, 1.165) is 0 Å². The van der Waals surface area contributed by atoms with Gasteiger partial charge in [-0.25, -0.2) is 4.39 Å². The number of rotatable bonds is 3. The summed E-state index contributed by atoms with van der Waals surface area (Å²) in [6, 6.07) is 6.07. The first-order valence-electron chi connectivity index (χ1n) is 6.35. The zero-order chi connectivity index (χ0) is 13.8. The van der Waals surface area contributed by atoms with Crippen LogP contribution in [-0.4, -0.2) is 36.2 Å². The number of nitrogens with zero attached hydrogens (tertiary/aromatic N) is 1. The van der Waals surface area contributed by atoms with Crippen LogP contribution in [0.1, 0.15) is 13.3 Å². The van der Waals surface area contributed by atoms with Crippen LogP contribution in [0.5, 0.6) is 0 Å². The Morgan fingerprint density at radius 2 is 2.21 bits per heavy atom. The minimum atomic E-state index is -0.446. The molecule has 1 aliphatic rings. The molecular weight excluding hydrogens is 247 g/mol. The second kappa shape index (κ2) is 5.93.